The molecule has 0 aliphatic rings. The van der Waals surface area contributed by atoms with Gasteiger partial charge in [0.15, 0.2) is 6.23 Å². The standard InChI is InChI=1S/C10H19NO.ClH/c1-5-7-11(8-6-2)10(12)9(3)4;/h5-6,9-10,12H,1-2,7-8H2,3-4H3;1H. The zero-order valence-electron chi connectivity index (χ0n) is 8.46. The van der Waals surface area contributed by atoms with Crippen LogP contribution in [0.1, 0.15) is 13.8 Å². The van der Waals surface area contributed by atoms with Gasteiger partial charge in [0.25, 0.3) is 0 Å². The van der Waals surface area contributed by atoms with Gasteiger partial charge in [-0.1, -0.05) is 27.0 Å². The molecule has 0 fully saturated rings. The van der Waals surface area contributed by atoms with Crippen molar-refractivity contribution in [3.05, 3.63) is 25.3 Å². The monoisotopic (exact) mass is 205 g/mol. The van der Waals surface area contributed by atoms with Crippen LogP contribution in [0.25, 0.3) is 0 Å². The Morgan fingerprint density at radius 1 is 1.23 bits per heavy atom. The molecule has 0 amide bonds. The Morgan fingerprint density at radius 3 is 1.85 bits per heavy atom. The van der Waals surface area contributed by atoms with Gasteiger partial charge in [0, 0.05) is 5.92 Å². The lowest BCUT2D eigenvalue weighted by atomic mass is 10.1. The van der Waals surface area contributed by atoms with Crippen molar-refractivity contribution in [3.8, 4) is 0 Å². The van der Waals surface area contributed by atoms with Crippen LogP contribution in [0.5, 0.6) is 0 Å². The van der Waals surface area contributed by atoms with E-state index in [0.717, 1.165) is 18.0 Å². The summed E-state index contributed by atoms with van der Waals surface area (Å²) in [5.41, 5.74) is 0. The molecule has 0 aromatic rings. The molecule has 0 spiro atoms. The molecule has 1 unspecified atom stereocenters. The number of hydrogen-bond donors (Lipinski definition) is 2. The van der Waals surface area contributed by atoms with Crippen LogP contribution < -0.4 is 17.3 Å². The van der Waals surface area contributed by atoms with Crippen LogP contribution in [0.15, 0.2) is 25.3 Å². The van der Waals surface area contributed by atoms with E-state index in [4.69, 9.17) is 0 Å². The van der Waals surface area contributed by atoms with Gasteiger partial charge in [-0.2, -0.15) is 0 Å². The van der Waals surface area contributed by atoms with Crippen molar-refractivity contribution >= 4 is 0 Å². The highest BCUT2D eigenvalue weighted by atomic mass is 35.5. The zero-order valence-corrected chi connectivity index (χ0v) is 9.22. The molecule has 0 rings (SSSR count). The van der Waals surface area contributed by atoms with Gasteiger partial charge in [-0.15, -0.1) is 0 Å². The van der Waals surface area contributed by atoms with Gasteiger partial charge in [-0.05, 0) is 12.2 Å². The summed E-state index contributed by atoms with van der Waals surface area (Å²) in [6.07, 6.45) is 3.33. The summed E-state index contributed by atoms with van der Waals surface area (Å²) in [5, 5.41) is 9.72. The lowest BCUT2D eigenvalue weighted by molar-refractivity contribution is -0.941. The quantitative estimate of drug-likeness (QED) is 0.356. The highest BCUT2D eigenvalue weighted by molar-refractivity contribution is 4.68. The van der Waals surface area contributed by atoms with Crippen molar-refractivity contribution < 1.29 is 22.4 Å². The van der Waals surface area contributed by atoms with E-state index in [-0.39, 0.29) is 24.6 Å². The normalized spacial score (nSPS) is 12.4. The van der Waals surface area contributed by atoms with Crippen molar-refractivity contribution in [2.24, 2.45) is 5.92 Å². The topological polar surface area (TPSA) is 24.7 Å². The number of aliphatic hydroxyl groups excluding tert-OH is 1. The van der Waals surface area contributed by atoms with Gasteiger partial charge >= 0.3 is 0 Å². The van der Waals surface area contributed by atoms with Crippen LogP contribution in [-0.2, 0) is 0 Å². The SMILES string of the molecule is C=CC[NH+](CC=C)C(O)C(C)C.[Cl-]. The van der Waals surface area contributed by atoms with Crippen LogP contribution in [0.3, 0.4) is 0 Å². The van der Waals surface area contributed by atoms with E-state index in [1.165, 1.54) is 0 Å². The molecular formula is C10H20ClNO. The fraction of sp³-hybridized carbons (Fsp3) is 0.600. The molecule has 0 saturated heterocycles. The van der Waals surface area contributed by atoms with E-state index in [9.17, 15) is 5.11 Å². The molecule has 0 radical (unpaired) electrons. The highest BCUT2D eigenvalue weighted by Crippen LogP contribution is 1.92. The smallest absolute Gasteiger partial charge is 0.191 e. The van der Waals surface area contributed by atoms with Crippen molar-refractivity contribution in [2.45, 2.75) is 20.1 Å². The Kier molecular flexibility index (Phi) is 9.68. The van der Waals surface area contributed by atoms with Crippen LogP contribution in [0.4, 0.5) is 0 Å². The first-order chi connectivity index (χ1) is 5.63. The average molecular weight is 206 g/mol. The lowest BCUT2D eigenvalue weighted by Crippen LogP contribution is -3.16. The molecule has 0 bridgehead atoms. The molecule has 0 aromatic heterocycles. The van der Waals surface area contributed by atoms with Crippen LogP contribution in [-0.4, -0.2) is 24.4 Å². The summed E-state index contributed by atoms with van der Waals surface area (Å²) < 4.78 is 0. The van der Waals surface area contributed by atoms with Crippen LogP contribution in [0, 0.1) is 5.92 Å². The van der Waals surface area contributed by atoms with E-state index in [1.54, 1.807) is 0 Å². The van der Waals surface area contributed by atoms with Gasteiger partial charge in [0.05, 0.1) is 13.1 Å². The minimum absolute atomic E-state index is 0. The lowest BCUT2D eigenvalue weighted by Gasteiger charge is -2.24. The van der Waals surface area contributed by atoms with Crippen LogP contribution >= 0.6 is 0 Å². The molecule has 0 aromatic carbocycles. The Bertz CT molecular complexity index is 138. The molecule has 0 aliphatic carbocycles. The maximum absolute atomic E-state index is 9.72. The molecule has 2 nitrogen and oxygen atoms in total. The Hall–Kier alpha value is -0.310. The second kappa shape index (κ2) is 8.30. The molecule has 3 heteroatoms. The van der Waals surface area contributed by atoms with Crippen molar-refractivity contribution in [1.29, 1.82) is 0 Å². The Morgan fingerprint density at radius 2 is 1.62 bits per heavy atom. The van der Waals surface area contributed by atoms with E-state index < -0.39 is 0 Å². The minimum Gasteiger partial charge on any atom is -1.00 e. The van der Waals surface area contributed by atoms with Crippen LogP contribution in [0.2, 0.25) is 0 Å². The Labute approximate surface area is 87.4 Å². The third kappa shape index (κ3) is 5.86. The fourth-order valence-corrected chi connectivity index (χ4v) is 1.17. The number of nitrogens with one attached hydrogen (secondary N) is 1. The largest absolute Gasteiger partial charge is 1.00 e. The molecule has 1 atom stereocenters. The summed E-state index contributed by atoms with van der Waals surface area (Å²) in [4.78, 5) is 1.11. The van der Waals surface area contributed by atoms with E-state index >= 15 is 0 Å². The first kappa shape index (κ1) is 15.2. The van der Waals surface area contributed by atoms with E-state index in [0.29, 0.717) is 0 Å². The number of hydrogen-bond acceptors (Lipinski definition) is 1. The second-order valence-electron chi connectivity index (χ2n) is 3.33. The van der Waals surface area contributed by atoms with E-state index in [1.807, 2.05) is 26.0 Å². The predicted octanol–water partition coefficient (Wildman–Crippen LogP) is -2.78. The summed E-state index contributed by atoms with van der Waals surface area (Å²) in [5.74, 6) is 0.278. The summed E-state index contributed by atoms with van der Waals surface area (Å²) >= 11 is 0. The van der Waals surface area contributed by atoms with Gasteiger partial charge in [-0.25, -0.2) is 0 Å². The summed E-state index contributed by atoms with van der Waals surface area (Å²) in [7, 11) is 0. The number of quaternary nitrogens is 1. The maximum Gasteiger partial charge on any atom is 0.191 e. The molecule has 0 aliphatic heterocycles. The minimum atomic E-state index is -0.319. The number of rotatable bonds is 6. The highest BCUT2D eigenvalue weighted by Gasteiger charge is 2.19. The number of aliphatic hydroxyl groups is 1. The predicted molar refractivity (Wildman–Crippen MR) is 51.9 cm³/mol. The van der Waals surface area contributed by atoms with Gasteiger partial charge in [0.2, 0.25) is 0 Å². The molecule has 0 heterocycles. The molecule has 13 heavy (non-hydrogen) atoms. The third-order valence-electron chi connectivity index (χ3n) is 1.86. The van der Waals surface area contributed by atoms with Gasteiger partial charge in [-0.3, -0.25) is 0 Å². The second-order valence-corrected chi connectivity index (χ2v) is 3.33. The van der Waals surface area contributed by atoms with E-state index in [2.05, 4.69) is 13.2 Å². The number of halogens is 1. The summed E-state index contributed by atoms with van der Waals surface area (Å²) in [6.45, 7) is 12.9. The average Bonchev–Trinajstić information content (AvgIpc) is 2.03. The Balaban J connectivity index is 0. The first-order valence-electron chi connectivity index (χ1n) is 4.38. The molecule has 0 saturated carbocycles. The van der Waals surface area contributed by atoms with Gasteiger partial charge < -0.3 is 22.4 Å². The molecular weight excluding hydrogens is 186 g/mol. The van der Waals surface area contributed by atoms with Gasteiger partial charge in [0.1, 0.15) is 0 Å². The third-order valence-corrected chi connectivity index (χ3v) is 1.86. The van der Waals surface area contributed by atoms with Crippen molar-refractivity contribution in [3.63, 3.8) is 0 Å². The molecule has 78 valence electrons. The zero-order chi connectivity index (χ0) is 9.56. The maximum atomic E-state index is 9.72. The fourth-order valence-electron chi connectivity index (χ4n) is 1.17. The summed E-state index contributed by atoms with van der Waals surface area (Å²) in [6, 6.07) is 0. The first-order valence-corrected chi connectivity index (χ1v) is 4.38. The van der Waals surface area contributed by atoms with Crippen molar-refractivity contribution in [2.75, 3.05) is 13.1 Å². The molecule has 2 N–H and O–H groups in total. The van der Waals surface area contributed by atoms with Crippen molar-refractivity contribution in [1.82, 2.24) is 0 Å².